The first-order valence-corrected chi connectivity index (χ1v) is 11.2. The van der Waals surface area contributed by atoms with Crippen LogP contribution in [0, 0.1) is 5.82 Å². The van der Waals surface area contributed by atoms with Crippen molar-refractivity contribution in [1.82, 2.24) is 19.7 Å². The number of hydrogen-bond donors (Lipinski definition) is 0. The Balaban J connectivity index is 1.69. The monoisotopic (exact) mass is 410 g/mol. The molecule has 1 aliphatic heterocycles. The molecule has 2 atom stereocenters. The zero-order valence-corrected chi connectivity index (χ0v) is 17.8. The second-order valence-corrected chi connectivity index (χ2v) is 8.90. The van der Waals surface area contributed by atoms with Crippen LogP contribution in [0.1, 0.15) is 55.8 Å². The Kier molecular flexibility index (Phi) is 6.31. The standard InChI is InChI=1S/C23H27FN4S/c1-17(27-15-7-4-8-16-27)22-25-26-23(28(22)21-13-11-20(24)12-14-21)29-18(2)19-9-5-3-6-10-19/h3,5-6,9-14,17-18H,4,7-8,15-16H2,1-2H3. The van der Waals surface area contributed by atoms with Crippen LogP contribution >= 0.6 is 11.8 Å². The molecular formula is C23H27FN4S. The fraction of sp³-hybridized carbons (Fsp3) is 0.391. The van der Waals surface area contributed by atoms with Gasteiger partial charge in [0.15, 0.2) is 11.0 Å². The van der Waals surface area contributed by atoms with Gasteiger partial charge >= 0.3 is 0 Å². The highest BCUT2D eigenvalue weighted by Gasteiger charge is 2.26. The third-order valence-electron chi connectivity index (χ3n) is 5.61. The van der Waals surface area contributed by atoms with E-state index in [-0.39, 0.29) is 17.1 Å². The number of benzene rings is 2. The molecule has 152 valence electrons. The van der Waals surface area contributed by atoms with E-state index in [1.807, 2.05) is 18.2 Å². The smallest absolute Gasteiger partial charge is 0.196 e. The van der Waals surface area contributed by atoms with Crippen molar-refractivity contribution in [3.8, 4) is 5.69 Å². The van der Waals surface area contributed by atoms with E-state index in [0.29, 0.717) is 0 Å². The SMILES string of the molecule is CC(Sc1nnc(C(C)N2CCCCC2)n1-c1ccc(F)cc1)c1ccccc1. The van der Waals surface area contributed by atoms with Gasteiger partial charge in [-0.2, -0.15) is 0 Å². The van der Waals surface area contributed by atoms with Crippen molar-refractivity contribution < 1.29 is 4.39 Å². The van der Waals surface area contributed by atoms with Crippen LogP contribution in [0.25, 0.3) is 5.69 Å². The van der Waals surface area contributed by atoms with Crippen molar-refractivity contribution >= 4 is 11.8 Å². The van der Waals surface area contributed by atoms with Gasteiger partial charge in [0.1, 0.15) is 5.82 Å². The minimum atomic E-state index is -0.237. The van der Waals surface area contributed by atoms with Gasteiger partial charge in [-0.3, -0.25) is 9.47 Å². The number of nitrogens with zero attached hydrogens (tertiary/aromatic N) is 4. The van der Waals surface area contributed by atoms with E-state index < -0.39 is 0 Å². The van der Waals surface area contributed by atoms with E-state index in [1.165, 1.54) is 37.0 Å². The van der Waals surface area contributed by atoms with E-state index in [4.69, 9.17) is 0 Å². The number of rotatable bonds is 6. The van der Waals surface area contributed by atoms with Gasteiger partial charge in [-0.1, -0.05) is 48.5 Å². The van der Waals surface area contributed by atoms with Gasteiger partial charge in [-0.15, -0.1) is 10.2 Å². The molecule has 6 heteroatoms. The molecule has 2 aromatic carbocycles. The van der Waals surface area contributed by atoms with E-state index in [1.54, 1.807) is 11.8 Å². The van der Waals surface area contributed by atoms with Crippen LogP contribution in [0.3, 0.4) is 0 Å². The molecule has 1 aromatic heterocycles. The zero-order valence-electron chi connectivity index (χ0n) is 17.0. The van der Waals surface area contributed by atoms with Crippen LogP contribution in [-0.2, 0) is 0 Å². The molecule has 0 amide bonds. The molecule has 2 heterocycles. The first kappa shape index (κ1) is 20.1. The van der Waals surface area contributed by atoms with Crippen LogP contribution in [0.15, 0.2) is 59.8 Å². The van der Waals surface area contributed by atoms with E-state index in [2.05, 4.69) is 57.8 Å². The predicted molar refractivity (Wildman–Crippen MR) is 116 cm³/mol. The highest BCUT2D eigenvalue weighted by Crippen LogP contribution is 2.36. The molecule has 0 radical (unpaired) electrons. The number of aromatic nitrogens is 3. The van der Waals surface area contributed by atoms with Crippen LogP contribution in [0.4, 0.5) is 4.39 Å². The van der Waals surface area contributed by atoms with Crippen LogP contribution in [0.2, 0.25) is 0 Å². The maximum Gasteiger partial charge on any atom is 0.196 e. The molecule has 1 aliphatic rings. The lowest BCUT2D eigenvalue weighted by Gasteiger charge is -2.32. The quantitative estimate of drug-likeness (QED) is 0.481. The first-order valence-electron chi connectivity index (χ1n) is 10.3. The van der Waals surface area contributed by atoms with Crippen molar-refractivity contribution in [2.45, 2.75) is 49.6 Å². The third kappa shape index (κ3) is 4.54. The van der Waals surface area contributed by atoms with Crippen molar-refractivity contribution in [1.29, 1.82) is 0 Å². The summed E-state index contributed by atoms with van der Waals surface area (Å²) in [6.45, 7) is 6.54. The predicted octanol–water partition coefficient (Wildman–Crippen LogP) is 5.81. The van der Waals surface area contributed by atoms with Crippen LogP contribution in [0.5, 0.6) is 0 Å². The lowest BCUT2D eigenvalue weighted by molar-refractivity contribution is 0.167. The Morgan fingerprint density at radius 2 is 1.59 bits per heavy atom. The minimum Gasteiger partial charge on any atom is -0.294 e. The van der Waals surface area contributed by atoms with E-state index in [9.17, 15) is 4.39 Å². The Morgan fingerprint density at radius 3 is 2.28 bits per heavy atom. The summed E-state index contributed by atoms with van der Waals surface area (Å²) in [6.07, 6.45) is 3.74. The molecule has 1 fully saturated rings. The molecular weight excluding hydrogens is 383 g/mol. The fourth-order valence-electron chi connectivity index (χ4n) is 3.88. The third-order valence-corrected chi connectivity index (χ3v) is 6.71. The highest BCUT2D eigenvalue weighted by molar-refractivity contribution is 7.99. The molecule has 0 aliphatic carbocycles. The number of halogens is 1. The summed E-state index contributed by atoms with van der Waals surface area (Å²) in [5.41, 5.74) is 2.15. The van der Waals surface area contributed by atoms with Crippen LogP contribution < -0.4 is 0 Å². The Hall–Kier alpha value is -2.18. The molecule has 0 spiro atoms. The summed E-state index contributed by atoms with van der Waals surface area (Å²) in [5, 5.41) is 10.2. The molecule has 29 heavy (non-hydrogen) atoms. The fourth-order valence-corrected chi connectivity index (χ4v) is 4.88. The molecule has 3 aromatic rings. The summed E-state index contributed by atoms with van der Waals surface area (Å²) in [7, 11) is 0. The molecule has 0 saturated carbocycles. The Morgan fingerprint density at radius 1 is 0.897 bits per heavy atom. The van der Waals surface area contributed by atoms with Crippen molar-refractivity contribution in [2.24, 2.45) is 0 Å². The normalized spacial score (nSPS) is 17.2. The lowest BCUT2D eigenvalue weighted by atomic mass is 10.1. The van der Waals surface area contributed by atoms with Crippen molar-refractivity contribution in [3.63, 3.8) is 0 Å². The van der Waals surface area contributed by atoms with Gasteiger partial charge in [0.05, 0.1) is 6.04 Å². The van der Waals surface area contributed by atoms with Gasteiger partial charge < -0.3 is 0 Å². The molecule has 2 unspecified atom stereocenters. The van der Waals surface area contributed by atoms with Crippen molar-refractivity contribution in [2.75, 3.05) is 13.1 Å². The summed E-state index contributed by atoms with van der Waals surface area (Å²) < 4.78 is 15.7. The Bertz CT molecular complexity index is 920. The maximum absolute atomic E-state index is 13.6. The topological polar surface area (TPSA) is 34.0 Å². The first-order chi connectivity index (χ1) is 14.1. The lowest BCUT2D eigenvalue weighted by Crippen LogP contribution is -2.33. The molecule has 0 N–H and O–H groups in total. The van der Waals surface area contributed by atoms with Gasteiger partial charge in [0, 0.05) is 10.9 Å². The number of thioether (sulfide) groups is 1. The summed E-state index contributed by atoms with van der Waals surface area (Å²) in [5.74, 6) is 0.681. The van der Waals surface area contributed by atoms with Gasteiger partial charge in [-0.25, -0.2) is 4.39 Å². The summed E-state index contributed by atoms with van der Waals surface area (Å²) in [6, 6.07) is 17.2. The van der Waals surface area contributed by atoms with Gasteiger partial charge in [-0.05, 0) is 69.6 Å². The molecule has 1 saturated heterocycles. The van der Waals surface area contributed by atoms with Gasteiger partial charge in [0.25, 0.3) is 0 Å². The summed E-state index contributed by atoms with van der Waals surface area (Å²) >= 11 is 1.68. The second-order valence-electron chi connectivity index (χ2n) is 7.60. The average Bonchev–Trinajstić information content (AvgIpc) is 3.18. The molecule has 0 bridgehead atoms. The van der Waals surface area contributed by atoms with Gasteiger partial charge in [0.2, 0.25) is 0 Å². The van der Waals surface area contributed by atoms with E-state index >= 15 is 0 Å². The molecule has 4 nitrogen and oxygen atoms in total. The number of likely N-dealkylation sites (tertiary alicyclic amines) is 1. The minimum absolute atomic E-state index is 0.161. The van der Waals surface area contributed by atoms with E-state index in [0.717, 1.165) is 29.8 Å². The van der Waals surface area contributed by atoms with Crippen LogP contribution in [-0.4, -0.2) is 32.8 Å². The maximum atomic E-state index is 13.6. The average molecular weight is 411 g/mol. The second kappa shape index (κ2) is 9.09. The highest BCUT2D eigenvalue weighted by atomic mass is 32.2. The zero-order chi connectivity index (χ0) is 20.2. The largest absolute Gasteiger partial charge is 0.294 e. The Labute approximate surface area is 176 Å². The van der Waals surface area contributed by atoms with Crippen molar-refractivity contribution in [3.05, 3.63) is 71.8 Å². The summed E-state index contributed by atoms with van der Waals surface area (Å²) in [4.78, 5) is 2.47. The number of piperidine rings is 1. The number of hydrogen-bond acceptors (Lipinski definition) is 4. The molecule has 4 rings (SSSR count).